The molecular weight excluding hydrogens is 313 g/mol. The first-order valence-corrected chi connectivity index (χ1v) is 7.12. The van der Waals surface area contributed by atoms with Crippen molar-refractivity contribution < 1.29 is 4.92 Å². The maximum absolute atomic E-state index is 11.0. The molecule has 0 aliphatic carbocycles. The zero-order valence-corrected chi connectivity index (χ0v) is 12.8. The summed E-state index contributed by atoms with van der Waals surface area (Å²) in [4.78, 5) is 15.0. The molecule has 2 rings (SSSR count). The minimum atomic E-state index is -0.450. The number of pyridine rings is 1. The van der Waals surface area contributed by atoms with Gasteiger partial charge in [-0.1, -0.05) is 30.1 Å². The average molecular weight is 326 g/mol. The van der Waals surface area contributed by atoms with E-state index in [4.69, 9.17) is 23.2 Å². The first kappa shape index (κ1) is 15.5. The Morgan fingerprint density at radius 1 is 1.19 bits per heavy atom. The molecule has 0 atom stereocenters. The molecular formula is C14H13Cl2N3O2. The van der Waals surface area contributed by atoms with Crippen LogP contribution in [0.1, 0.15) is 13.3 Å². The van der Waals surface area contributed by atoms with Crippen LogP contribution in [0.2, 0.25) is 10.0 Å². The van der Waals surface area contributed by atoms with Crippen LogP contribution in [0.15, 0.2) is 30.3 Å². The lowest BCUT2D eigenvalue weighted by molar-refractivity contribution is -0.384. The van der Waals surface area contributed by atoms with Gasteiger partial charge >= 0.3 is 0 Å². The highest BCUT2D eigenvalue weighted by Gasteiger charge is 2.13. The Kier molecular flexibility index (Phi) is 4.98. The molecule has 0 saturated carbocycles. The molecule has 1 aromatic heterocycles. The molecule has 0 fully saturated rings. The number of benzene rings is 1. The van der Waals surface area contributed by atoms with E-state index in [0.717, 1.165) is 6.42 Å². The SMILES string of the molecule is CCCNc1cc([N+](=O)[O-])cc(-c2cc(Cl)cc(Cl)c2)n1. The monoisotopic (exact) mass is 325 g/mol. The van der Waals surface area contributed by atoms with E-state index in [2.05, 4.69) is 10.3 Å². The minimum absolute atomic E-state index is 0.0327. The van der Waals surface area contributed by atoms with Gasteiger partial charge in [-0.05, 0) is 24.6 Å². The lowest BCUT2D eigenvalue weighted by atomic mass is 10.1. The molecule has 21 heavy (non-hydrogen) atoms. The molecule has 110 valence electrons. The number of hydrogen-bond acceptors (Lipinski definition) is 4. The standard InChI is InChI=1S/C14H13Cl2N3O2/c1-2-3-17-14-8-12(19(20)21)7-13(18-14)9-4-10(15)6-11(16)5-9/h4-8H,2-3H2,1H3,(H,17,18). The normalized spacial score (nSPS) is 10.4. The smallest absolute Gasteiger partial charge is 0.275 e. The molecule has 0 unspecified atom stereocenters. The van der Waals surface area contributed by atoms with Crippen LogP contribution in [0.3, 0.4) is 0 Å². The summed E-state index contributed by atoms with van der Waals surface area (Å²) in [7, 11) is 0. The first-order valence-electron chi connectivity index (χ1n) is 6.36. The van der Waals surface area contributed by atoms with Crippen molar-refractivity contribution in [3.8, 4) is 11.3 Å². The average Bonchev–Trinajstić information content (AvgIpc) is 2.43. The molecule has 0 radical (unpaired) electrons. The largest absolute Gasteiger partial charge is 0.370 e. The second-order valence-electron chi connectivity index (χ2n) is 4.44. The maximum Gasteiger partial charge on any atom is 0.275 e. The minimum Gasteiger partial charge on any atom is -0.370 e. The van der Waals surface area contributed by atoms with Crippen molar-refractivity contribution in [2.24, 2.45) is 0 Å². The van der Waals surface area contributed by atoms with Crippen molar-refractivity contribution >= 4 is 34.7 Å². The van der Waals surface area contributed by atoms with Crippen LogP contribution in [0, 0.1) is 10.1 Å². The second-order valence-corrected chi connectivity index (χ2v) is 5.31. The Balaban J connectivity index is 2.50. The Morgan fingerprint density at radius 3 is 2.43 bits per heavy atom. The predicted molar refractivity (Wildman–Crippen MR) is 85.1 cm³/mol. The van der Waals surface area contributed by atoms with Crippen molar-refractivity contribution in [1.29, 1.82) is 0 Å². The van der Waals surface area contributed by atoms with Gasteiger partial charge in [-0.3, -0.25) is 10.1 Å². The van der Waals surface area contributed by atoms with Crippen LogP contribution in [-0.4, -0.2) is 16.5 Å². The number of nitro groups is 1. The van der Waals surface area contributed by atoms with Gasteiger partial charge in [0, 0.05) is 28.2 Å². The maximum atomic E-state index is 11.0. The fourth-order valence-electron chi connectivity index (χ4n) is 1.81. The van der Waals surface area contributed by atoms with Gasteiger partial charge in [0.2, 0.25) is 0 Å². The molecule has 7 heteroatoms. The molecule has 1 heterocycles. The highest BCUT2D eigenvalue weighted by atomic mass is 35.5. The van der Waals surface area contributed by atoms with Gasteiger partial charge < -0.3 is 5.32 Å². The quantitative estimate of drug-likeness (QED) is 0.634. The Bertz CT molecular complexity index is 657. The zero-order valence-electron chi connectivity index (χ0n) is 11.3. The van der Waals surface area contributed by atoms with Gasteiger partial charge in [-0.2, -0.15) is 0 Å². The van der Waals surface area contributed by atoms with Crippen molar-refractivity contribution in [2.75, 3.05) is 11.9 Å². The molecule has 0 saturated heterocycles. The Hall–Kier alpha value is -1.85. The van der Waals surface area contributed by atoms with Crippen LogP contribution in [-0.2, 0) is 0 Å². The molecule has 2 aromatic rings. The highest BCUT2D eigenvalue weighted by Crippen LogP contribution is 2.29. The van der Waals surface area contributed by atoms with Gasteiger partial charge in [0.25, 0.3) is 5.69 Å². The molecule has 1 N–H and O–H groups in total. The molecule has 0 aliphatic heterocycles. The number of hydrogen-bond donors (Lipinski definition) is 1. The molecule has 0 bridgehead atoms. The number of nitrogens with zero attached hydrogens (tertiary/aromatic N) is 2. The fourth-order valence-corrected chi connectivity index (χ4v) is 2.34. The third-order valence-electron chi connectivity index (χ3n) is 2.74. The Labute approximate surface area is 132 Å². The number of rotatable bonds is 5. The Morgan fingerprint density at radius 2 is 1.86 bits per heavy atom. The summed E-state index contributed by atoms with van der Waals surface area (Å²) in [5, 5.41) is 15.0. The van der Waals surface area contributed by atoms with Crippen molar-refractivity contribution in [3.63, 3.8) is 0 Å². The number of aromatic nitrogens is 1. The summed E-state index contributed by atoms with van der Waals surface area (Å²) < 4.78 is 0. The van der Waals surface area contributed by atoms with Crippen LogP contribution < -0.4 is 5.32 Å². The van der Waals surface area contributed by atoms with E-state index < -0.39 is 4.92 Å². The van der Waals surface area contributed by atoms with Crippen LogP contribution >= 0.6 is 23.2 Å². The van der Waals surface area contributed by atoms with Crippen molar-refractivity contribution in [2.45, 2.75) is 13.3 Å². The highest BCUT2D eigenvalue weighted by molar-refractivity contribution is 6.35. The summed E-state index contributed by atoms with van der Waals surface area (Å²) in [5.41, 5.74) is 1.05. The van der Waals surface area contributed by atoms with Gasteiger partial charge in [0.05, 0.1) is 16.7 Å². The number of anilines is 1. The van der Waals surface area contributed by atoms with Crippen molar-refractivity contribution in [1.82, 2.24) is 4.98 Å². The van der Waals surface area contributed by atoms with E-state index in [1.807, 2.05) is 6.92 Å². The lowest BCUT2D eigenvalue weighted by Gasteiger charge is -2.08. The van der Waals surface area contributed by atoms with Gasteiger partial charge in [0.1, 0.15) is 5.82 Å². The first-order chi connectivity index (χ1) is 9.99. The van der Waals surface area contributed by atoms with Crippen LogP contribution in [0.25, 0.3) is 11.3 Å². The molecule has 1 aromatic carbocycles. The lowest BCUT2D eigenvalue weighted by Crippen LogP contribution is -2.03. The molecule has 0 aliphatic rings. The molecule has 5 nitrogen and oxygen atoms in total. The molecule has 0 amide bonds. The van der Waals surface area contributed by atoms with E-state index in [1.54, 1.807) is 18.2 Å². The van der Waals surface area contributed by atoms with E-state index in [9.17, 15) is 10.1 Å². The zero-order chi connectivity index (χ0) is 15.4. The van der Waals surface area contributed by atoms with E-state index in [1.165, 1.54) is 12.1 Å². The fraction of sp³-hybridized carbons (Fsp3) is 0.214. The summed E-state index contributed by atoms with van der Waals surface area (Å²) >= 11 is 11.9. The summed E-state index contributed by atoms with van der Waals surface area (Å²) in [6.07, 6.45) is 0.892. The topological polar surface area (TPSA) is 68.1 Å². The predicted octanol–water partition coefficient (Wildman–Crippen LogP) is 4.79. The third kappa shape index (κ3) is 4.06. The van der Waals surface area contributed by atoms with Crippen LogP contribution in [0.4, 0.5) is 11.5 Å². The summed E-state index contributed by atoms with van der Waals surface area (Å²) in [6, 6.07) is 7.75. The van der Waals surface area contributed by atoms with E-state index in [-0.39, 0.29) is 5.69 Å². The van der Waals surface area contributed by atoms with Gasteiger partial charge in [0.15, 0.2) is 0 Å². The summed E-state index contributed by atoms with van der Waals surface area (Å²) in [5.74, 6) is 0.456. The van der Waals surface area contributed by atoms with E-state index >= 15 is 0 Å². The molecule has 0 spiro atoms. The van der Waals surface area contributed by atoms with Gasteiger partial charge in [-0.25, -0.2) is 4.98 Å². The van der Waals surface area contributed by atoms with Crippen LogP contribution in [0.5, 0.6) is 0 Å². The van der Waals surface area contributed by atoms with Crippen molar-refractivity contribution in [3.05, 3.63) is 50.5 Å². The third-order valence-corrected chi connectivity index (χ3v) is 3.17. The number of nitrogens with one attached hydrogen (secondary N) is 1. The van der Waals surface area contributed by atoms with E-state index in [0.29, 0.717) is 33.7 Å². The number of halogens is 2. The summed E-state index contributed by atoms with van der Waals surface area (Å²) in [6.45, 7) is 2.69. The second kappa shape index (κ2) is 6.74. The van der Waals surface area contributed by atoms with Gasteiger partial charge in [-0.15, -0.1) is 0 Å².